The summed E-state index contributed by atoms with van der Waals surface area (Å²) in [7, 11) is -4.09. The number of sulfonamides is 1. The molecule has 0 spiro atoms. The summed E-state index contributed by atoms with van der Waals surface area (Å²) in [5.41, 5.74) is 0.233. The molecule has 0 heterocycles. The summed E-state index contributed by atoms with van der Waals surface area (Å²) < 4.78 is 35.8. The van der Waals surface area contributed by atoms with E-state index < -0.39 is 20.7 Å². The second-order valence-electron chi connectivity index (χ2n) is 5.43. The Kier molecular flexibility index (Phi) is 4.95. The van der Waals surface area contributed by atoms with E-state index in [4.69, 9.17) is 5.14 Å². The largest absolute Gasteiger partial charge is 0.326 e. The summed E-state index contributed by atoms with van der Waals surface area (Å²) in [6.07, 6.45) is 6.03. The van der Waals surface area contributed by atoms with Gasteiger partial charge in [0.1, 0.15) is 10.7 Å². The molecule has 0 aromatic heterocycles. The van der Waals surface area contributed by atoms with Crippen LogP contribution in [0.25, 0.3) is 0 Å². The highest BCUT2D eigenvalue weighted by atomic mass is 32.2. The SMILES string of the molecule is NS(=O)(=O)c1ccc(NC(=O)CCC2CCCC2)cc1F. The molecular weight excluding hydrogens is 295 g/mol. The van der Waals surface area contributed by atoms with Crippen LogP contribution >= 0.6 is 0 Å². The Labute approximate surface area is 123 Å². The first-order valence-electron chi connectivity index (χ1n) is 6.98. The molecule has 1 saturated carbocycles. The van der Waals surface area contributed by atoms with Crippen molar-refractivity contribution in [2.75, 3.05) is 5.32 Å². The van der Waals surface area contributed by atoms with Gasteiger partial charge in [0.25, 0.3) is 0 Å². The van der Waals surface area contributed by atoms with Gasteiger partial charge in [-0.1, -0.05) is 25.7 Å². The number of benzene rings is 1. The number of primary sulfonamides is 1. The van der Waals surface area contributed by atoms with Crippen LogP contribution in [0.3, 0.4) is 0 Å². The molecule has 5 nitrogen and oxygen atoms in total. The van der Waals surface area contributed by atoms with Gasteiger partial charge in [-0.2, -0.15) is 0 Å². The van der Waals surface area contributed by atoms with Gasteiger partial charge >= 0.3 is 0 Å². The smallest absolute Gasteiger partial charge is 0.240 e. The number of nitrogens with two attached hydrogens (primary N) is 1. The van der Waals surface area contributed by atoms with E-state index in [1.165, 1.54) is 31.7 Å². The zero-order chi connectivity index (χ0) is 15.5. The number of hydrogen-bond acceptors (Lipinski definition) is 3. The van der Waals surface area contributed by atoms with Crippen molar-refractivity contribution in [3.63, 3.8) is 0 Å². The Morgan fingerprint density at radius 1 is 1.33 bits per heavy atom. The second-order valence-corrected chi connectivity index (χ2v) is 6.96. The Hall–Kier alpha value is -1.47. The maximum absolute atomic E-state index is 13.6. The Bertz CT molecular complexity index is 625. The van der Waals surface area contributed by atoms with Crippen molar-refractivity contribution >= 4 is 21.6 Å². The first-order valence-corrected chi connectivity index (χ1v) is 8.53. The third-order valence-electron chi connectivity index (χ3n) is 3.78. The minimum absolute atomic E-state index is 0.190. The molecule has 0 radical (unpaired) electrons. The van der Waals surface area contributed by atoms with Crippen LogP contribution in [0, 0.1) is 11.7 Å². The first-order chi connectivity index (χ1) is 9.86. The highest BCUT2D eigenvalue weighted by Gasteiger charge is 2.17. The maximum Gasteiger partial charge on any atom is 0.240 e. The molecule has 1 amide bonds. The summed E-state index contributed by atoms with van der Waals surface area (Å²) >= 11 is 0. The molecule has 21 heavy (non-hydrogen) atoms. The molecule has 1 aliphatic carbocycles. The number of hydrogen-bond donors (Lipinski definition) is 2. The van der Waals surface area contributed by atoms with Gasteiger partial charge in [-0.15, -0.1) is 0 Å². The van der Waals surface area contributed by atoms with Gasteiger partial charge in [0.05, 0.1) is 0 Å². The number of rotatable bonds is 5. The first kappa shape index (κ1) is 15.9. The van der Waals surface area contributed by atoms with E-state index in [1.807, 2.05) is 0 Å². The molecule has 1 aromatic rings. The predicted molar refractivity (Wildman–Crippen MR) is 77.6 cm³/mol. The molecule has 7 heteroatoms. The maximum atomic E-state index is 13.6. The summed E-state index contributed by atoms with van der Waals surface area (Å²) in [5, 5.41) is 7.44. The lowest BCUT2D eigenvalue weighted by Gasteiger charge is -2.10. The lowest BCUT2D eigenvalue weighted by molar-refractivity contribution is -0.116. The molecular formula is C14H19FN2O3S. The third-order valence-corrected chi connectivity index (χ3v) is 4.72. The van der Waals surface area contributed by atoms with Crippen molar-refractivity contribution in [2.45, 2.75) is 43.4 Å². The summed E-state index contributed by atoms with van der Waals surface area (Å²) in [6, 6.07) is 3.35. The van der Waals surface area contributed by atoms with Gasteiger partial charge < -0.3 is 5.32 Å². The Balaban J connectivity index is 1.93. The molecule has 0 atom stereocenters. The van der Waals surface area contributed by atoms with E-state index in [9.17, 15) is 17.6 Å². The lowest BCUT2D eigenvalue weighted by atomic mass is 10.0. The molecule has 1 aromatic carbocycles. The fourth-order valence-corrected chi connectivity index (χ4v) is 3.26. The normalized spacial score (nSPS) is 16.1. The summed E-state index contributed by atoms with van der Waals surface area (Å²) in [6.45, 7) is 0. The molecule has 116 valence electrons. The zero-order valence-corrected chi connectivity index (χ0v) is 12.5. The van der Waals surface area contributed by atoms with E-state index >= 15 is 0 Å². The highest BCUT2D eigenvalue weighted by molar-refractivity contribution is 7.89. The van der Waals surface area contributed by atoms with Gasteiger partial charge in [-0.25, -0.2) is 17.9 Å². The number of amides is 1. The number of halogens is 1. The van der Waals surface area contributed by atoms with Gasteiger partial charge in [-0.3, -0.25) is 4.79 Å². The van der Waals surface area contributed by atoms with E-state index in [2.05, 4.69) is 5.32 Å². The Morgan fingerprint density at radius 3 is 2.57 bits per heavy atom. The standard InChI is InChI=1S/C14H19FN2O3S/c15-12-9-11(6-7-13(12)21(16,19)20)17-14(18)8-5-10-3-1-2-4-10/h6-7,9-10H,1-5,8H2,(H,17,18)(H2,16,19,20). The molecule has 0 bridgehead atoms. The lowest BCUT2D eigenvalue weighted by Crippen LogP contribution is -2.16. The van der Waals surface area contributed by atoms with Crippen LogP contribution in [0.5, 0.6) is 0 Å². The molecule has 1 aliphatic rings. The molecule has 0 unspecified atom stereocenters. The highest BCUT2D eigenvalue weighted by Crippen LogP contribution is 2.28. The van der Waals surface area contributed by atoms with Crippen molar-refractivity contribution in [1.29, 1.82) is 0 Å². The zero-order valence-electron chi connectivity index (χ0n) is 11.6. The monoisotopic (exact) mass is 314 g/mol. The molecule has 3 N–H and O–H groups in total. The fourth-order valence-electron chi connectivity index (χ4n) is 2.67. The van der Waals surface area contributed by atoms with Crippen molar-refractivity contribution in [3.8, 4) is 0 Å². The van der Waals surface area contributed by atoms with Gasteiger partial charge in [0.2, 0.25) is 15.9 Å². The van der Waals surface area contributed by atoms with Crippen LogP contribution in [0.4, 0.5) is 10.1 Å². The van der Waals surface area contributed by atoms with Gasteiger partial charge in [0.15, 0.2) is 0 Å². The predicted octanol–water partition coefficient (Wildman–Crippen LogP) is 2.38. The number of carbonyl (C=O) groups excluding carboxylic acids is 1. The van der Waals surface area contributed by atoms with Crippen molar-refractivity contribution in [1.82, 2.24) is 0 Å². The fraction of sp³-hybridized carbons (Fsp3) is 0.500. The van der Waals surface area contributed by atoms with Crippen molar-refractivity contribution in [3.05, 3.63) is 24.0 Å². The van der Waals surface area contributed by atoms with Crippen molar-refractivity contribution < 1.29 is 17.6 Å². The molecule has 2 rings (SSSR count). The third kappa shape index (κ3) is 4.50. The summed E-state index contributed by atoms with van der Waals surface area (Å²) in [4.78, 5) is 11.2. The van der Waals surface area contributed by atoms with Crippen LogP contribution in [0.2, 0.25) is 0 Å². The second kappa shape index (κ2) is 6.53. The van der Waals surface area contributed by atoms with E-state index in [0.717, 1.165) is 18.6 Å². The van der Waals surface area contributed by atoms with Crippen molar-refractivity contribution in [2.24, 2.45) is 11.1 Å². The van der Waals surface area contributed by atoms with Crippen LogP contribution in [-0.4, -0.2) is 14.3 Å². The van der Waals surface area contributed by atoms with Crippen LogP contribution < -0.4 is 10.5 Å². The number of carbonyl (C=O) groups is 1. The summed E-state index contributed by atoms with van der Waals surface area (Å²) in [5.74, 6) is -0.548. The minimum atomic E-state index is -4.09. The molecule has 1 fully saturated rings. The minimum Gasteiger partial charge on any atom is -0.326 e. The molecule has 0 aliphatic heterocycles. The van der Waals surface area contributed by atoms with Crippen LogP contribution in [0.1, 0.15) is 38.5 Å². The average Bonchev–Trinajstić information content (AvgIpc) is 2.88. The number of anilines is 1. The average molecular weight is 314 g/mol. The Morgan fingerprint density at radius 2 is 2.00 bits per heavy atom. The molecule has 0 saturated heterocycles. The van der Waals surface area contributed by atoms with Gasteiger partial charge in [-0.05, 0) is 30.5 Å². The quantitative estimate of drug-likeness (QED) is 0.874. The van der Waals surface area contributed by atoms with Crippen LogP contribution in [0.15, 0.2) is 23.1 Å². The van der Waals surface area contributed by atoms with E-state index in [-0.39, 0.29) is 11.6 Å². The number of nitrogens with one attached hydrogen (secondary N) is 1. The van der Waals surface area contributed by atoms with Crippen LogP contribution in [-0.2, 0) is 14.8 Å². The van der Waals surface area contributed by atoms with E-state index in [1.54, 1.807) is 0 Å². The van der Waals surface area contributed by atoms with Gasteiger partial charge in [0, 0.05) is 12.1 Å². The topological polar surface area (TPSA) is 89.3 Å². The van der Waals surface area contributed by atoms with E-state index in [0.29, 0.717) is 12.3 Å².